The van der Waals surface area contributed by atoms with E-state index in [1.165, 1.54) is 9.24 Å². The third kappa shape index (κ3) is 2.57. The molecular formula is C9H14INSi. The van der Waals surface area contributed by atoms with Gasteiger partial charge in [-0.3, -0.25) is 0 Å². The molecule has 0 radical (unpaired) electrons. The van der Waals surface area contributed by atoms with E-state index in [2.05, 4.69) is 71.6 Å². The molecule has 0 aliphatic rings. The van der Waals surface area contributed by atoms with Gasteiger partial charge in [0.05, 0.1) is 0 Å². The van der Waals surface area contributed by atoms with Crippen molar-refractivity contribution in [3.05, 3.63) is 30.3 Å². The maximum Gasteiger partial charge on any atom is 0.153 e. The second-order valence-corrected chi connectivity index (χ2v) is 8.73. The Morgan fingerprint density at radius 2 is 1.83 bits per heavy atom. The molecule has 0 N–H and O–H groups in total. The van der Waals surface area contributed by atoms with Gasteiger partial charge in [-0.25, -0.2) is 0 Å². The molecule has 0 amide bonds. The molecule has 0 fully saturated rings. The van der Waals surface area contributed by atoms with Gasteiger partial charge in [0, 0.05) is 4.05 Å². The fourth-order valence-electron chi connectivity index (χ4n) is 1.20. The van der Waals surface area contributed by atoms with Crippen LogP contribution in [0.2, 0.25) is 0 Å². The molecule has 0 spiro atoms. The lowest BCUT2D eigenvalue weighted by Crippen LogP contribution is -2.45. The predicted octanol–water partition coefficient (Wildman–Crippen LogP) is 1.15. The quantitative estimate of drug-likeness (QED) is 0.459. The number of hydrogen-bond donors (Lipinski definition) is 0. The first-order chi connectivity index (χ1) is 5.75. The lowest BCUT2D eigenvalue weighted by Gasteiger charge is -2.20. The highest BCUT2D eigenvalue weighted by molar-refractivity contribution is 14.1. The van der Waals surface area contributed by atoms with E-state index in [1.807, 2.05) is 0 Å². The van der Waals surface area contributed by atoms with Crippen molar-refractivity contribution in [1.29, 1.82) is 0 Å². The van der Waals surface area contributed by atoms with E-state index in [-0.39, 0.29) is 0 Å². The minimum absolute atomic E-state index is 0.825. The highest BCUT2D eigenvalue weighted by atomic mass is 127. The number of nitrogens with zero attached hydrogens (tertiary/aromatic N) is 1. The first-order valence-corrected chi connectivity index (χ1v) is 7.46. The Labute approximate surface area is 89.6 Å². The second kappa shape index (κ2) is 4.99. The fraction of sp³-hybridized carbons (Fsp3) is 0.333. The first kappa shape index (κ1) is 10.2. The van der Waals surface area contributed by atoms with Crippen LogP contribution in [0.5, 0.6) is 0 Å². The van der Waals surface area contributed by atoms with Crippen molar-refractivity contribution >= 4 is 36.7 Å². The van der Waals surface area contributed by atoms with Gasteiger partial charge in [-0.1, -0.05) is 52.9 Å². The van der Waals surface area contributed by atoms with Crippen molar-refractivity contribution in [1.82, 2.24) is 4.57 Å². The molecule has 66 valence electrons. The van der Waals surface area contributed by atoms with Gasteiger partial charge in [-0.15, -0.1) is 0 Å². The third-order valence-corrected chi connectivity index (χ3v) is 7.15. The summed E-state index contributed by atoms with van der Waals surface area (Å²) in [6.07, 6.45) is 0. The summed E-state index contributed by atoms with van der Waals surface area (Å²) >= 11 is 2.49. The molecule has 3 heteroatoms. The molecule has 1 rings (SSSR count). The Morgan fingerprint density at radius 3 is 2.25 bits per heavy atom. The third-order valence-electron chi connectivity index (χ3n) is 1.95. The summed E-state index contributed by atoms with van der Waals surface area (Å²) in [6.45, 7) is 0. The Balaban J connectivity index is 2.80. The molecule has 12 heavy (non-hydrogen) atoms. The van der Waals surface area contributed by atoms with Crippen LogP contribution in [0.25, 0.3) is 0 Å². The van der Waals surface area contributed by atoms with Crippen LogP contribution < -0.4 is 5.19 Å². The normalized spacial score (nSPS) is 13.3. The lowest BCUT2D eigenvalue weighted by atomic mass is 10.4. The second-order valence-electron chi connectivity index (χ2n) is 3.04. The molecule has 1 nitrogen and oxygen atoms in total. The van der Waals surface area contributed by atoms with Crippen molar-refractivity contribution < 1.29 is 0 Å². The fourth-order valence-corrected chi connectivity index (χ4v) is 6.81. The van der Waals surface area contributed by atoms with E-state index >= 15 is 0 Å². The summed E-state index contributed by atoms with van der Waals surface area (Å²) in [4.78, 5) is 0. The number of halogens is 1. The van der Waals surface area contributed by atoms with Crippen LogP contribution >= 0.6 is 22.6 Å². The molecule has 1 aromatic rings. The predicted molar refractivity (Wildman–Crippen MR) is 65.8 cm³/mol. The SMILES string of the molecule is CN(C)[SiH](CI)c1ccccc1. The minimum atomic E-state index is -0.825. The average molecular weight is 291 g/mol. The molecule has 0 saturated heterocycles. The van der Waals surface area contributed by atoms with Crippen LogP contribution in [-0.4, -0.2) is 31.7 Å². The molecule has 1 atom stereocenters. The van der Waals surface area contributed by atoms with Crippen molar-refractivity contribution in [3.8, 4) is 0 Å². The summed E-state index contributed by atoms with van der Waals surface area (Å²) in [5.74, 6) is 0. The highest BCUT2D eigenvalue weighted by Gasteiger charge is 2.13. The van der Waals surface area contributed by atoms with Gasteiger partial charge in [0.15, 0.2) is 8.96 Å². The van der Waals surface area contributed by atoms with E-state index in [0.717, 1.165) is 0 Å². The van der Waals surface area contributed by atoms with E-state index in [4.69, 9.17) is 0 Å². The smallest absolute Gasteiger partial charge is 0.153 e. The Hall–Kier alpha value is 0.127. The molecule has 0 aliphatic carbocycles. The van der Waals surface area contributed by atoms with Crippen LogP contribution in [0, 0.1) is 0 Å². The zero-order valence-electron chi connectivity index (χ0n) is 7.50. The molecule has 0 bridgehead atoms. The Morgan fingerprint density at radius 1 is 1.25 bits per heavy atom. The Bertz CT molecular complexity index is 225. The van der Waals surface area contributed by atoms with E-state index < -0.39 is 8.96 Å². The van der Waals surface area contributed by atoms with Crippen molar-refractivity contribution in [3.63, 3.8) is 0 Å². The largest absolute Gasteiger partial charge is 0.327 e. The van der Waals surface area contributed by atoms with Crippen LogP contribution in [0.3, 0.4) is 0 Å². The van der Waals surface area contributed by atoms with Crippen LogP contribution in [-0.2, 0) is 0 Å². The minimum Gasteiger partial charge on any atom is -0.327 e. The van der Waals surface area contributed by atoms with Gasteiger partial charge in [0.25, 0.3) is 0 Å². The standard InChI is InChI=1S/C9H14INSi/c1-11(2)12(8-10)9-6-4-3-5-7-9/h3-7,12H,8H2,1-2H3. The van der Waals surface area contributed by atoms with Gasteiger partial charge in [-0.05, 0) is 19.3 Å². The van der Waals surface area contributed by atoms with Crippen molar-refractivity contribution in [2.24, 2.45) is 0 Å². The van der Waals surface area contributed by atoms with Crippen molar-refractivity contribution in [2.45, 2.75) is 0 Å². The molecule has 0 aromatic heterocycles. The molecule has 1 unspecified atom stereocenters. The van der Waals surface area contributed by atoms with Gasteiger partial charge < -0.3 is 4.57 Å². The summed E-state index contributed by atoms with van der Waals surface area (Å²) < 4.78 is 3.66. The molecule has 0 heterocycles. The molecule has 1 aromatic carbocycles. The molecule has 0 aliphatic heterocycles. The van der Waals surface area contributed by atoms with Gasteiger partial charge in [-0.2, -0.15) is 0 Å². The summed E-state index contributed by atoms with van der Waals surface area (Å²) in [5, 5.41) is 1.54. The average Bonchev–Trinajstić information content (AvgIpc) is 2.07. The number of rotatable bonds is 3. The van der Waals surface area contributed by atoms with Gasteiger partial charge >= 0.3 is 0 Å². The van der Waals surface area contributed by atoms with Crippen molar-refractivity contribution in [2.75, 3.05) is 18.1 Å². The van der Waals surface area contributed by atoms with E-state index in [0.29, 0.717) is 0 Å². The maximum atomic E-state index is 2.49. The zero-order valence-corrected chi connectivity index (χ0v) is 10.8. The van der Waals surface area contributed by atoms with Crippen LogP contribution in [0.1, 0.15) is 0 Å². The summed E-state index contributed by atoms with van der Waals surface area (Å²) in [7, 11) is 3.54. The monoisotopic (exact) mass is 291 g/mol. The summed E-state index contributed by atoms with van der Waals surface area (Å²) in [5.41, 5.74) is 0. The zero-order chi connectivity index (χ0) is 8.97. The van der Waals surface area contributed by atoms with Gasteiger partial charge in [0.1, 0.15) is 0 Å². The van der Waals surface area contributed by atoms with E-state index in [1.54, 1.807) is 0 Å². The van der Waals surface area contributed by atoms with Crippen LogP contribution in [0.15, 0.2) is 30.3 Å². The Kier molecular flexibility index (Phi) is 4.24. The van der Waals surface area contributed by atoms with Gasteiger partial charge in [0.2, 0.25) is 0 Å². The maximum absolute atomic E-state index is 2.49. The summed E-state index contributed by atoms with van der Waals surface area (Å²) in [6, 6.07) is 10.8. The first-order valence-electron chi connectivity index (χ1n) is 4.03. The number of hydrogen-bond acceptors (Lipinski definition) is 1. The molecule has 0 saturated carbocycles. The number of alkyl halides is 1. The van der Waals surface area contributed by atoms with Crippen LogP contribution in [0.4, 0.5) is 0 Å². The van der Waals surface area contributed by atoms with E-state index in [9.17, 15) is 0 Å². The topological polar surface area (TPSA) is 3.24 Å². The molecular weight excluding hydrogens is 277 g/mol. The number of benzene rings is 1. The highest BCUT2D eigenvalue weighted by Crippen LogP contribution is 1.95. The lowest BCUT2D eigenvalue weighted by molar-refractivity contribution is 0.653.